The number of halogens is 1. The third kappa shape index (κ3) is 2.92. The van der Waals surface area contributed by atoms with Gasteiger partial charge < -0.3 is 5.32 Å². The fourth-order valence-corrected chi connectivity index (χ4v) is 2.93. The average molecular weight is 298 g/mol. The van der Waals surface area contributed by atoms with E-state index < -0.39 is 0 Å². The molecule has 1 aromatic carbocycles. The molecule has 0 radical (unpaired) electrons. The Morgan fingerprint density at radius 2 is 1.82 bits per heavy atom. The van der Waals surface area contributed by atoms with E-state index in [-0.39, 0.29) is 0 Å². The van der Waals surface area contributed by atoms with Crippen LogP contribution in [0.25, 0.3) is 0 Å². The number of benzene rings is 1. The van der Waals surface area contributed by atoms with Gasteiger partial charge in [-0.05, 0) is 56.0 Å². The van der Waals surface area contributed by atoms with E-state index in [4.69, 9.17) is 0 Å². The van der Waals surface area contributed by atoms with Crippen LogP contribution in [0.1, 0.15) is 48.6 Å². The van der Waals surface area contributed by atoms with E-state index in [0.717, 1.165) is 0 Å². The minimum absolute atomic E-state index is 0.442. The third-order valence-electron chi connectivity index (χ3n) is 3.77. The maximum Gasteiger partial charge on any atom is 0.0349 e. The quantitative estimate of drug-likeness (QED) is 0.851. The molecule has 0 aliphatic heterocycles. The first-order valence-corrected chi connectivity index (χ1v) is 7.16. The summed E-state index contributed by atoms with van der Waals surface area (Å²) in [7, 11) is 2.06. The van der Waals surface area contributed by atoms with Crippen LogP contribution in [0.15, 0.2) is 10.5 Å². The molecule has 0 saturated carbocycles. The molecule has 1 nitrogen and oxygen atoms in total. The molecule has 1 rings (SSSR count). The van der Waals surface area contributed by atoms with Gasteiger partial charge in [0.25, 0.3) is 0 Å². The van der Waals surface area contributed by atoms with Gasteiger partial charge in [0.15, 0.2) is 0 Å². The Hall–Kier alpha value is -0.340. The van der Waals surface area contributed by atoms with Gasteiger partial charge in [-0.2, -0.15) is 0 Å². The summed E-state index contributed by atoms with van der Waals surface area (Å²) >= 11 is 3.70. The second-order valence-corrected chi connectivity index (χ2v) is 5.81. The molecule has 0 amide bonds. The molecule has 0 aromatic heterocycles. The topological polar surface area (TPSA) is 12.0 Å². The van der Waals surface area contributed by atoms with Gasteiger partial charge in [0, 0.05) is 10.5 Å². The molecule has 1 aromatic rings. The molecule has 0 heterocycles. The summed E-state index contributed by atoms with van der Waals surface area (Å²) in [6.07, 6.45) is 1.19. The molecular weight excluding hydrogens is 274 g/mol. The highest BCUT2D eigenvalue weighted by Crippen LogP contribution is 2.34. The van der Waals surface area contributed by atoms with Crippen molar-refractivity contribution < 1.29 is 0 Å². The summed E-state index contributed by atoms with van der Waals surface area (Å²) in [6, 6.07) is 2.72. The highest BCUT2D eigenvalue weighted by molar-refractivity contribution is 9.10. The van der Waals surface area contributed by atoms with Crippen LogP contribution in [0, 0.1) is 26.7 Å². The lowest BCUT2D eigenvalue weighted by atomic mass is 9.86. The molecule has 0 bridgehead atoms. The van der Waals surface area contributed by atoms with Crippen molar-refractivity contribution in [2.24, 2.45) is 5.92 Å². The summed E-state index contributed by atoms with van der Waals surface area (Å²) in [4.78, 5) is 0. The van der Waals surface area contributed by atoms with Crippen molar-refractivity contribution in [2.45, 2.75) is 47.1 Å². The van der Waals surface area contributed by atoms with Crippen LogP contribution in [0.2, 0.25) is 0 Å². The fraction of sp³-hybridized carbons (Fsp3) is 0.600. The SMILES string of the molecule is CCC(C)C(NC)c1c(C)cc(C)c(Br)c1C. The third-order valence-corrected chi connectivity index (χ3v) is 4.99. The molecule has 0 aliphatic carbocycles. The molecule has 0 fully saturated rings. The first-order chi connectivity index (χ1) is 7.93. The normalized spacial score (nSPS) is 14.8. The van der Waals surface area contributed by atoms with E-state index in [1.54, 1.807) is 0 Å². The lowest BCUT2D eigenvalue weighted by molar-refractivity contribution is 0.397. The zero-order chi connectivity index (χ0) is 13.2. The van der Waals surface area contributed by atoms with Crippen LogP contribution in [0.3, 0.4) is 0 Å². The van der Waals surface area contributed by atoms with Crippen molar-refractivity contribution in [1.82, 2.24) is 5.32 Å². The Morgan fingerprint density at radius 3 is 2.29 bits per heavy atom. The molecule has 2 heteroatoms. The Morgan fingerprint density at radius 1 is 1.24 bits per heavy atom. The Balaban J connectivity index is 3.33. The predicted molar refractivity (Wildman–Crippen MR) is 79.6 cm³/mol. The number of hydrogen-bond donors (Lipinski definition) is 1. The molecular formula is C15H24BrN. The molecule has 2 unspecified atom stereocenters. The largest absolute Gasteiger partial charge is 0.313 e. The average Bonchev–Trinajstić information content (AvgIpc) is 2.30. The standard InChI is InChI=1S/C15H24BrN/c1-7-9(2)15(17-6)13-10(3)8-11(4)14(16)12(13)5/h8-9,15,17H,7H2,1-6H3. The van der Waals surface area contributed by atoms with Gasteiger partial charge in [-0.3, -0.25) is 0 Å². The summed E-state index contributed by atoms with van der Waals surface area (Å²) in [5.41, 5.74) is 5.55. The Kier molecular flexibility index (Phi) is 5.21. The van der Waals surface area contributed by atoms with Gasteiger partial charge in [0.05, 0.1) is 0 Å². The van der Waals surface area contributed by atoms with Gasteiger partial charge in [-0.25, -0.2) is 0 Å². The summed E-state index contributed by atoms with van der Waals surface area (Å²) in [5.74, 6) is 0.645. The van der Waals surface area contributed by atoms with Crippen LogP contribution in [-0.2, 0) is 0 Å². The lowest BCUT2D eigenvalue weighted by Gasteiger charge is -2.27. The second-order valence-electron chi connectivity index (χ2n) is 5.01. The smallest absolute Gasteiger partial charge is 0.0349 e. The Bertz CT molecular complexity index is 398. The molecule has 96 valence electrons. The first kappa shape index (κ1) is 14.7. The van der Waals surface area contributed by atoms with Gasteiger partial charge in [0.1, 0.15) is 0 Å². The minimum Gasteiger partial charge on any atom is -0.313 e. The number of hydrogen-bond acceptors (Lipinski definition) is 1. The van der Waals surface area contributed by atoms with E-state index in [1.807, 2.05) is 0 Å². The lowest BCUT2D eigenvalue weighted by Crippen LogP contribution is -2.25. The maximum atomic E-state index is 3.70. The summed E-state index contributed by atoms with van der Waals surface area (Å²) in [5, 5.41) is 3.48. The van der Waals surface area contributed by atoms with Crippen molar-refractivity contribution in [2.75, 3.05) is 7.05 Å². The van der Waals surface area contributed by atoms with Gasteiger partial charge in [-0.15, -0.1) is 0 Å². The number of rotatable bonds is 4. The predicted octanol–water partition coefficient (Wildman–Crippen LogP) is 4.68. The van der Waals surface area contributed by atoms with Gasteiger partial charge in [-0.1, -0.05) is 42.3 Å². The highest BCUT2D eigenvalue weighted by atomic mass is 79.9. The van der Waals surface area contributed by atoms with Crippen LogP contribution >= 0.6 is 15.9 Å². The van der Waals surface area contributed by atoms with E-state index in [9.17, 15) is 0 Å². The van der Waals surface area contributed by atoms with Gasteiger partial charge in [0.2, 0.25) is 0 Å². The first-order valence-electron chi connectivity index (χ1n) is 6.37. The molecule has 1 N–H and O–H groups in total. The summed E-state index contributed by atoms with van der Waals surface area (Å²) < 4.78 is 1.25. The van der Waals surface area contributed by atoms with Crippen molar-refractivity contribution in [3.63, 3.8) is 0 Å². The van der Waals surface area contributed by atoms with Crippen LogP contribution in [-0.4, -0.2) is 7.05 Å². The molecule has 17 heavy (non-hydrogen) atoms. The zero-order valence-electron chi connectivity index (χ0n) is 11.8. The highest BCUT2D eigenvalue weighted by Gasteiger charge is 2.21. The zero-order valence-corrected chi connectivity index (χ0v) is 13.4. The van der Waals surface area contributed by atoms with Crippen LogP contribution in [0.5, 0.6) is 0 Å². The van der Waals surface area contributed by atoms with Crippen molar-refractivity contribution in [3.8, 4) is 0 Å². The van der Waals surface area contributed by atoms with Crippen molar-refractivity contribution in [1.29, 1.82) is 0 Å². The monoisotopic (exact) mass is 297 g/mol. The number of aryl methyl sites for hydroxylation is 2. The number of nitrogens with one attached hydrogen (secondary N) is 1. The maximum absolute atomic E-state index is 3.70. The van der Waals surface area contributed by atoms with Crippen LogP contribution < -0.4 is 5.32 Å². The van der Waals surface area contributed by atoms with Gasteiger partial charge >= 0.3 is 0 Å². The van der Waals surface area contributed by atoms with Crippen molar-refractivity contribution in [3.05, 3.63) is 32.8 Å². The molecule has 0 saturated heterocycles. The second kappa shape index (κ2) is 6.01. The Labute approximate surface area is 114 Å². The van der Waals surface area contributed by atoms with E-state index in [1.165, 1.54) is 33.1 Å². The summed E-state index contributed by atoms with van der Waals surface area (Å²) in [6.45, 7) is 11.2. The fourth-order valence-electron chi connectivity index (χ4n) is 2.60. The van der Waals surface area contributed by atoms with Crippen molar-refractivity contribution >= 4 is 15.9 Å². The van der Waals surface area contributed by atoms with E-state index >= 15 is 0 Å². The van der Waals surface area contributed by atoms with E-state index in [0.29, 0.717) is 12.0 Å². The molecule has 0 aliphatic rings. The molecule has 2 atom stereocenters. The minimum atomic E-state index is 0.442. The van der Waals surface area contributed by atoms with Crippen LogP contribution in [0.4, 0.5) is 0 Å². The molecule has 0 spiro atoms. The van der Waals surface area contributed by atoms with E-state index in [2.05, 4.69) is 69.0 Å².